The lowest BCUT2D eigenvalue weighted by atomic mass is 9.98. The minimum Gasteiger partial charge on any atom is -0.373 e. The number of halogens is 3. The van der Waals surface area contributed by atoms with E-state index in [-0.39, 0.29) is 23.8 Å². The molecule has 0 bridgehead atoms. The number of likely N-dealkylation sites (N-methyl/N-ethyl adjacent to an activating group) is 1. The average molecular weight is 486 g/mol. The van der Waals surface area contributed by atoms with Gasteiger partial charge in [0, 0.05) is 32.3 Å². The lowest BCUT2D eigenvalue weighted by Crippen LogP contribution is -2.35. The molecule has 1 fully saturated rings. The van der Waals surface area contributed by atoms with Crippen molar-refractivity contribution in [2.45, 2.75) is 18.2 Å². The molecule has 5 heterocycles. The van der Waals surface area contributed by atoms with Gasteiger partial charge in [0.15, 0.2) is 11.5 Å². The van der Waals surface area contributed by atoms with Crippen LogP contribution >= 0.6 is 0 Å². The van der Waals surface area contributed by atoms with Crippen LogP contribution < -0.4 is 5.32 Å². The van der Waals surface area contributed by atoms with E-state index in [1.165, 1.54) is 17.2 Å². The summed E-state index contributed by atoms with van der Waals surface area (Å²) in [6.07, 6.45) is -2.10. The number of carbonyl (C=O) groups excluding carboxylic acids is 1. The third-order valence-electron chi connectivity index (χ3n) is 5.53. The van der Waals surface area contributed by atoms with Crippen LogP contribution in [0.4, 0.5) is 24.8 Å². The number of hydrogen-bond donors (Lipinski definition) is 3. The van der Waals surface area contributed by atoms with Gasteiger partial charge in [0.1, 0.15) is 5.69 Å². The Balaban J connectivity index is 1.41. The predicted octanol–water partition coefficient (Wildman–Crippen LogP) is 2.73. The second-order valence-electron chi connectivity index (χ2n) is 7.87. The van der Waals surface area contributed by atoms with Crippen molar-refractivity contribution >= 4 is 17.5 Å². The molecule has 4 aromatic rings. The highest BCUT2D eigenvalue weighted by Gasteiger charge is 2.48. The highest BCUT2D eigenvalue weighted by Crippen LogP contribution is 2.35. The van der Waals surface area contributed by atoms with E-state index in [0.29, 0.717) is 29.3 Å². The standard InChI is InChI=1S/C21H17F3N8O3/c1-32-8-6-20(34,18(32)33)16-9-14(31-35-16)12-4-2-3-11(27-12)13-5-7-25-19(28-13)29-15-10-26-30-17(15)21(22,23)24/h2-5,7,9-10,34H,6,8H2,1H3,(H,26,30)(H,25,28,29). The van der Waals surface area contributed by atoms with Crippen LogP contribution in [0.2, 0.25) is 0 Å². The van der Waals surface area contributed by atoms with E-state index in [9.17, 15) is 23.1 Å². The van der Waals surface area contributed by atoms with Crippen molar-refractivity contribution in [3.63, 3.8) is 0 Å². The summed E-state index contributed by atoms with van der Waals surface area (Å²) in [6, 6.07) is 7.98. The van der Waals surface area contributed by atoms with Gasteiger partial charge in [-0.3, -0.25) is 9.89 Å². The van der Waals surface area contributed by atoms with Gasteiger partial charge in [-0.05, 0) is 18.2 Å². The quantitative estimate of drug-likeness (QED) is 0.387. The maximum absolute atomic E-state index is 13.1. The Kier molecular flexibility index (Phi) is 5.24. The van der Waals surface area contributed by atoms with E-state index < -0.39 is 23.4 Å². The molecule has 0 saturated carbocycles. The fourth-order valence-electron chi connectivity index (χ4n) is 3.67. The van der Waals surface area contributed by atoms with Crippen LogP contribution in [0.3, 0.4) is 0 Å². The van der Waals surface area contributed by atoms with Crippen molar-refractivity contribution in [3.8, 4) is 22.8 Å². The molecular weight excluding hydrogens is 469 g/mol. The van der Waals surface area contributed by atoms with Crippen LogP contribution in [0.25, 0.3) is 22.8 Å². The third kappa shape index (κ3) is 4.07. The zero-order valence-corrected chi connectivity index (χ0v) is 18.0. The topological polar surface area (TPSA) is 146 Å². The fraction of sp³-hybridized carbons (Fsp3) is 0.238. The van der Waals surface area contributed by atoms with Gasteiger partial charge in [-0.2, -0.15) is 18.3 Å². The van der Waals surface area contributed by atoms with E-state index in [0.717, 1.165) is 6.20 Å². The van der Waals surface area contributed by atoms with Gasteiger partial charge in [0.05, 0.1) is 29.0 Å². The molecular formula is C21H17F3N8O3. The van der Waals surface area contributed by atoms with Crippen molar-refractivity contribution in [1.82, 2.24) is 35.2 Å². The number of nitrogens with one attached hydrogen (secondary N) is 2. The number of carbonyl (C=O) groups is 1. The SMILES string of the molecule is CN1CCC(O)(c2cc(-c3cccc(-c4ccnc(Nc5cn[nH]c5C(F)(F)F)n4)n3)no2)C1=O. The molecule has 14 heteroatoms. The number of aliphatic hydroxyl groups is 1. The number of likely N-dealkylation sites (tertiary alicyclic amines) is 1. The molecule has 1 aliphatic rings. The number of aromatic nitrogens is 6. The van der Waals surface area contributed by atoms with Gasteiger partial charge in [0.25, 0.3) is 5.91 Å². The van der Waals surface area contributed by atoms with Crippen molar-refractivity contribution in [1.29, 1.82) is 0 Å². The molecule has 0 aliphatic carbocycles. The smallest absolute Gasteiger partial charge is 0.373 e. The van der Waals surface area contributed by atoms with E-state index in [4.69, 9.17) is 4.52 Å². The van der Waals surface area contributed by atoms with Crippen LogP contribution in [0.15, 0.2) is 47.2 Å². The first kappa shape index (κ1) is 22.5. The van der Waals surface area contributed by atoms with Crippen LogP contribution in [0.5, 0.6) is 0 Å². The lowest BCUT2D eigenvalue weighted by Gasteiger charge is -2.16. The van der Waals surface area contributed by atoms with Crippen molar-refractivity contribution in [2.24, 2.45) is 0 Å². The van der Waals surface area contributed by atoms with Crippen LogP contribution in [-0.2, 0) is 16.6 Å². The number of rotatable bonds is 5. The number of amides is 1. The third-order valence-corrected chi connectivity index (χ3v) is 5.53. The lowest BCUT2D eigenvalue weighted by molar-refractivity contribution is -0.144. The number of hydrogen-bond acceptors (Lipinski definition) is 9. The number of anilines is 2. The summed E-state index contributed by atoms with van der Waals surface area (Å²) in [6.45, 7) is 0.381. The molecule has 1 aliphatic heterocycles. The zero-order chi connectivity index (χ0) is 24.8. The summed E-state index contributed by atoms with van der Waals surface area (Å²) in [7, 11) is 1.59. The van der Waals surface area contributed by atoms with Gasteiger partial charge >= 0.3 is 6.18 Å². The maximum atomic E-state index is 13.1. The molecule has 0 spiro atoms. The average Bonchev–Trinajstić information content (AvgIpc) is 3.57. The van der Waals surface area contributed by atoms with Crippen LogP contribution in [-0.4, -0.2) is 59.8 Å². The molecule has 11 nitrogen and oxygen atoms in total. The summed E-state index contributed by atoms with van der Waals surface area (Å²) in [5.41, 5.74) is -1.78. The van der Waals surface area contributed by atoms with Crippen LogP contribution in [0, 0.1) is 0 Å². The van der Waals surface area contributed by atoms with E-state index in [1.807, 2.05) is 5.10 Å². The highest BCUT2D eigenvalue weighted by atomic mass is 19.4. The number of H-pyrrole nitrogens is 1. The monoisotopic (exact) mass is 486 g/mol. The normalized spacial score (nSPS) is 18.3. The number of pyridine rings is 1. The molecule has 0 aromatic carbocycles. The van der Waals surface area contributed by atoms with Crippen LogP contribution in [0.1, 0.15) is 17.9 Å². The Morgan fingerprint density at radius 3 is 2.63 bits per heavy atom. The number of aromatic amines is 1. The molecule has 4 aromatic heterocycles. The summed E-state index contributed by atoms with van der Waals surface area (Å²) in [4.78, 5) is 26.4. The highest BCUT2D eigenvalue weighted by molar-refractivity contribution is 5.87. The molecule has 180 valence electrons. The predicted molar refractivity (Wildman–Crippen MR) is 114 cm³/mol. The Bertz CT molecular complexity index is 1400. The summed E-state index contributed by atoms with van der Waals surface area (Å²) in [5, 5.41) is 22.5. The Hall–Kier alpha value is -4.33. The van der Waals surface area contributed by atoms with Gasteiger partial charge in [-0.15, -0.1) is 0 Å². The van der Waals surface area contributed by atoms with Gasteiger partial charge in [-0.25, -0.2) is 15.0 Å². The first-order chi connectivity index (χ1) is 16.6. The Morgan fingerprint density at radius 1 is 1.17 bits per heavy atom. The first-order valence-corrected chi connectivity index (χ1v) is 10.3. The van der Waals surface area contributed by atoms with E-state index in [2.05, 4.69) is 30.5 Å². The van der Waals surface area contributed by atoms with Crippen molar-refractivity contribution in [3.05, 3.63) is 54.2 Å². The molecule has 1 saturated heterocycles. The molecule has 1 amide bonds. The molecule has 5 rings (SSSR count). The molecule has 3 N–H and O–H groups in total. The largest absolute Gasteiger partial charge is 0.434 e. The summed E-state index contributed by atoms with van der Waals surface area (Å²) < 4.78 is 44.5. The van der Waals surface area contributed by atoms with E-state index in [1.54, 1.807) is 31.3 Å². The zero-order valence-electron chi connectivity index (χ0n) is 18.0. The number of nitrogens with zero attached hydrogens (tertiary/aromatic N) is 6. The van der Waals surface area contributed by atoms with Gasteiger partial charge in [0.2, 0.25) is 11.5 Å². The van der Waals surface area contributed by atoms with Crippen molar-refractivity contribution < 1.29 is 27.6 Å². The van der Waals surface area contributed by atoms with Gasteiger partial charge < -0.3 is 19.8 Å². The summed E-state index contributed by atoms with van der Waals surface area (Å²) in [5.74, 6) is -0.547. The molecule has 1 atom stereocenters. The van der Waals surface area contributed by atoms with Crippen molar-refractivity contribution in [2.75, 3.05) is 18.9 Å². The van der Waals surface area contributed by atoms with Gasteiger partial charge in [-0.1, -0.05) is 11.2 Å². The molecule has 1 unspecified atom stereocenters. The van der Waals surface area contributed by atoms with E-state index >= 15 is 0 Å². The molecule has 35 heavy (non-hydrogen) atoms. The minimum absolute atomic E-state index is 0.0168. The first-order valence-electron chi connectivity index (χ1n) is 10.3. The second kappa shape index (κ2) is 8.16. The molecule has 0 radical (unpaired) electrons. The second-order valence-corrected chi connectivity index (χ2v) is 7.87. The summed E-state index contributed by atoms with van der Waals surface area (Å²) >= 11 is 0. The maximum Gasteiger partial charge on any atom is 0.434 e. The Morgan fingerprint density at radius 2 is 1.91 bits per heavy atom. The fourth-order valence-corrected chi connectivity index (χ4v) is 3.67. The number of alkyl halides is 3. The minimum atomic E-state index is -4.63. The Labute approximate surface area is 195 Å².